The highest BCUT2D eigenvalue weighted by Crippen LogP contribution is 2.23. The fraction of sp³-hybridized carbons (Fsp3) is 0.364. The largest absolute Gasteiger partial charge is 0.452 e. The monoisotopic (exact) mass is 450 g/mol. The van der Waals surface area contributed by atoms with Crippen LogP contribution in [0.25, 0.3) is 0 Å². The van der Waals surface area contributed by atoms with Crippen LogP contribution in [0.1, 0.15) is 43.6 Å². The Labute approximate surface area is 182 Å². The first kappa shape index (κ1) is 24.3. The highest BCUT2D eigenvalue weighted by Gasteiger charge is 2.24. The number of sulfonamides is 1. The van der Waals surface area contributed by atoms with Gasteiger partial charge in [-0.2, -0.15) is 0 Å². The van der Waals surface area contributed by atoms with E-state index in [2.05, 4.69) is 4.72 Å². The molecule has 168 valence electrons. The Morgan fingerprint density at radius 2 is 1.68 bits per heavy atom. The zero-order chi connectivity index (χ0) is 23.3. The number of ether oxygens (including phenoxy) is 1. The molecule has 2 aromatic rings. The first-order chi connectivity index (χ1) is 14.4. The fourth-order valence-corrected chi connectivity index (χ4v) is 4.62. The predicted molar refractivity (Wildman–Crippen MR) is 116 cm³/mol. The molecule has 0 bridgehead atoms. The number of carbonyl (C=O) groups is 2. The lowest BCUT2D eigenvalue weighted by Crippen LogP contribution is -2.44. The number of carbonyl (C=O) groups excluding carboxylic acids is 2. The van der Waals surface area contributed by atoms with E-state index < -0.39 is 28.4 Å². The summed E-state index contributed by atoms with van der Waals surface area (Å²) in [5.41, 5.74) is 0.174. The van der Waals surface area contributed by atoms with Crippen LogP contribution in [0.4, 0.5) is 10.1 Å². The van der Waals surface area contributed by atoms with Crippen molar-refractivity contribution < 1.29 is 27.1 Å². The predicted octanol–water partition coefficient (Wildman–Crippen LogP) is 3.74. The topological polar surface area (TPSA) is 92.8 Å². The van der Waals surface area contributed by atoms with Gasteiger partial charge in [-0.1, -0.05) is 12.1 Å². The third-order valence-electron chi connectivity index (χ3n) is 4.55. The summed E-state index contributed by atoms with van der Waals surface area (Å²) < 4.78 is 46.4. The Balaban J connectivity index is 2.21. The molecule has 2 aromatic carbocycles. The van der Waals surface area contributed by atoms with Crippen LogP contribution in [0.3, 0.4) is 0 Å². The molecule has 0 heterocycles. The van der Waals surface area contributed by atoms with Crippen molar-refractivity contribution in [2.24, 2.45) is 0 Å². The number of anilines is 1. The minimum absolute atomic E-state index is 0.00625. The molecule has 0 unspecified atom stereocenters. The van der Waals surface area contributed by atoms with Gasteiger partial charge < -0.3 is 9.64 Å². The van der Waals surface area contributed by atoms with Crippen LogP contribution in [0.5, 0.6) is 0 Å². The van der Waals surface area contributed by atoms with Gasteiger partial charge in [-0.25, -0.2) is 17.6 Å². The number of amides is 1. The molecule has 0 aromatic heterocycles. The number of para-hydroxylation sites is 1. The molecule has 0 atom stereocenters. The number of aryl methyl sites for hydroxylation is 1. The molecule has 7 nitrogen and oxygen atoms in total. The van der Waals surface area contributed by atoms with Crippen LogP contribution in [0.2, 0.25) is 0 Å². The van der Waals surface area contributed by atoms with Gasteiger partial charge >= 0.3 is 5.97 Å². The van der Waals surface area contributed by atoms with Crippen LogP contribution >= 0.6 is 0 Å². The zero-order valence-corrected chi connectivity index (χ0v) is 19.0. The van der Waals surface area contributed by atoms with E-state index in [9.17, 15) is 22.4 Å². The number of nitrogens with one attached hydrogen (secondary N) is 1. The van der Waals surface area contributed by atoms with Gasteiger partial charge in [0.05, 0.1) is 16.1 Å². The van der Waals surface area contributed by atoms with Crippen LogP contribution < -0.4 is 4.72 Å². The van der Waals surface area contributed by atoms with Gasteiger partial charge in [0.15, 0.2) is 6.61 Å². The Hall–Kier alpha value is -2.94. The van der Waals surface area contributed by atoms with Gasteiger partial charge in [0.2, 0.25) is 0 Å². The highest BCUT2D eigenvalue weighted by molar-refractivity contribution is 7.92. The molecule has 1 N–H and O–H groups in total. The third kappa shape index (κ3) is 6.04. The van der Waals surface area contributed by atoms with Crippen molar-refractivity contribution in [1.82, 2.24) is 4.90 Å². The number of nitrogens with zero attached hydrogens (tertiary/aromatic N) is 1. The van der Waals surface area contributed by atoms with Gasteiger partial charge in [0.25, 0.3) is 15.9 Å². The molecular formula is C22H27FN2O5S. The van der Waals surface area contributed by atoms with Crippen LogP contribution in [-0.4, -0.2) is 43.9 Å². The van der Waals surface area contributed by atoms with Gasteiger partial charge in [-0.05, 0) is 70.5 Å². The number of halogens is 1. The molecule has 31 heavy (non-hydrogen) atoms. The molecule has 0 saturated heterocycles. The lowest BCUT2D eigenvalue weighted by molar-refractivity contribution is -0.138. The van der Waals surface area contributed by atoms with Gasteiger partial charge in [-0.15, -0.1) is 0 Å². The SMILES string of the molecule is Cc1cc(F)ccc1S(=O)(=O)Nc1ccccc1C(=O)OCC(=O)N(C(C)C)C(C)C. The second kappa shape index (κ2) is 9.91. The maximum absolute atomic E-state index is 13.3. The Morgan fingerprint density at radius 1 is 1.06 bits per heavy atom. The molecule has 0 aliphatic heterocycles. The first-order valence-corrected chi connectivity index (χ1v) is 11.3. The number of hydrogen-bond acceptors (Lipinski definition) is 5. The molecule has 0 aliphatic rings. The van der Waals surface area contributed by atoms with E-state index in [4.69, 9.17) is 4.74 Å². The molecule has 0 saturated carbocycles. The normalized spacial score (nSPS) is 11.5. The second-order valence-electron chi connectivity index (χ2n) is 7.63. The molecule has 0 aliphatic carbocycles. The molecule has 2 rings (SSSR count). The standard InChI is InChI=1S/C22H27FN2O5S/c1-14(2)25(15(3)4)21(26)13-30-22(27)18-8-6-7-9-19(18)24-31(28,29)20-11-10-17(23)12-16(20)5/h6-12,14-15,24H,13H2,1-5H3. The van der Waals surface area contributed by atoms with Crippen molar-refractivity contribution >= 4 is 27.6 Å². The molecule has 0 spiro atoms. The number of esters is 1. The summed E-state index contributed by atoms with van der Waals surface area (Å²) in [6.45, 7) is 8.46. The smallest absolute Gasteiger partial charge is 0.340 e. The van der Waals surface area contributed by atoms with Gasteiger partial charge in [0.1, 0.15) is 5.82 Å². The zero-order valence-electron chi connectivity index (χ0n) is 18.2. The van der Waals surface area contributed by atoms with E-state index in [1.54, 1.807) is 17.0 Å². The van der Waals surface area contributed by atoms with Crippen LogP contribution in [-0.2, 0) is 19.6 Å². The van der Waals surface area contributed by atoms with E-state index in [1.807, 2.05) is 27.7 Å². The van der Waals surface area contributed by atoms with E-state index in [-0.39, 0.29) is 39.7 Å². The Bertz CT molecular complexity index is 1060. The minimum Gasteiger partial charge on any atom is -0.452 e. The summed E-state index contributed by atoms with van der Waals surface area (Å²) in [7, 11) is -4.08. The van der Waals surface area contributed by atoms with Gasteiger partial charge in [0, 0.05) is 12.1 Å². The molecule has 0 radical (unpaired) electrons. The highest BCUT2D eigenvalue weighted by atomic mass is 32.2. The van der Waals surface area contributed by atoms with Gasteiger partial charge in [-0.3, -0.25) is 9.52 Å². The van der Waals surface area contributed by atoms with Crippen molar-refractivity contribution in [2.45, 2.75) is 51.6 Å². The summed E-state index contributed by atoms with van der Waals surface area (Å²) in [5, 5.41) is 0. The lowest BCUT2D eigenvalue weighted by Gasteiger charge is -2.30. The molecule has 1 amide bonds. The molecule has 9 heteroatoms. The quantitative estimate of drug-likeness (QED) is 0.619. The molecular weight excluding hydrogens is 423 g/mol. The van der Waals surface area contributed by atoms with E-state index >= 15 is 0 Å². The Kier molecular flexibility index (Phi) is 7.78. The van der Waals surface area contributed by atoms with Crippen molar-refractivity contribution in [3.8, 4) is 0 Å². The summed E-state index contributed by atoms with van der Waals surface area (Å²) >= 11 is 0. The van der Waals surface area contributed by atoms with Crippen LogP contribution in [0.15, 0.2) is 47.4 Å². The second-order valence-corrected chi connectivity index (χ2v) is 9.28. The van der Waals surface area contributed by atoms with E-state index in [0.29, 0.717) is 0 Å². The van der Waals surface area contributed by atoms with Crippen molar-refractivity contribution in [2.75, 3.05) is 11.3 Å². The summed E-state index contributed by atoms with van der Waals surface area (Å²) in [4.78, 5) is 26.5. The fourth-order valence-electron chi connectivity index (χ4n) is 3.32. The molecule has 0 fully saturated rings. The minimum atomic E-state index is -4.08. The number of hydrogen-bond donors (Lipinski definition) is 1. The summed E-state index contributed by atoms with van der Waals surface area (Å²) in [6, 6.07) is 9.07. The average Bonchev–Trinajstić information content (AvgIpc) is 2.65. The Morgan fingerprint density at radius 3 is 2.26 bits per heavy atom. The summed E-state index contributed by atoms with van der Waals surface area (Å²) in [5.74, 6) is -1.74. The lowest BCUT2D eigenvalue weighted by atomic mass is 10.2. The number of benzene rings is 2. The maximum atomic E-state index is 13.3. The van der Waals surface area contributed by atoms with Crippen molar-refractivity contribution in [3.63, 3.8) is 0 Å². The average molecular weight is 451 g/mol. The third-order valence-corrected chi connectivity index (χ3v) is 6.07. The van der Waals surface area contributed by atoms with Crippen molar-refractivity contribution in [3.05, 3.63) is 59.4 Å². The van der Waals surface area contributed by atoms with E-state index in [1.165, 1.54) is 19.1 Å². The van der Waals surface area contributed by atoms with Crippen molar-refractivity contribution in [1.29, 1.82) is 0 Å². The first-order valence-electron chi connectivity index (χ1n) is 9.80. The summed E-state index contributed by atoms with van der Waals surface area (Å²) in [6.07, 6.45) is 0. The van der Waals surface area contributed by atoms with E-state index in [0.717, 1.165) is 18.2 Å². The van der Waals surface area contributed by atoms with Crippen LogP contribution in [0, 0.1) is 12.7 Å². The maximum Gasteiger partial charge on any atom is 0.340 e. The number of rotatable bonds is 8.